The number of carbonyl (C=O) groups is 1. The number of benzene rings is 2. The van der Waals surface area contributed by atoms with Gasteiger partial charge in [0, 0.05) is 29.1 Å². The highest BCUT2D eigenvalue weighted by atomic mass is 19.1. The molecule has 0 fully saturated rings. The highest BCUT2D eigenvalue weighted by molar-refractivity contribution is 6.08. The Bertz CT molecular complexity index is 1120. The highest BCUT2D eigenvalue weighted by Gasteiger charge is 2.17. The van der Waals surface area contributed by atoms with E-state index in [1.54, 1.807) is 16.9 Å². The fourth-order valence-corrected chi connectivity index (χ4v) is 3.21. The van der Waals surface area contributed by atoms with E-state index >= 15 is 0 Å². The van der Waals surface area contributed by atoms with Crippen LogP contribution in [0.15, 0.2) is 54.7 Å². The van der Waals surface area contributed by atoms with Gasteiger partial charge in [-0.1, -0.05) is 37.3 Å². The summed E-state index contributed by atoms with van der Waals surface area (Å²) in [6, 6.07) is 14.2. The van der Waals surface area contributed by atoms with Gasteiger partial charge in [0.25, 0.3) is 0 Å². The second-order valence-corrected chi connectivity index (χ2v) is 6.40. The van der Waals surface area contributed by atoms with E-state index in [-0.39, 0.29) is 18.3 Å². The van der Waals surface area contributed by atoms with Crippen LogP contribution in [-0.2, 0) is 11.3 Å². The van der Waals surface area contributed by atoms with Crippen molar-refractivity contribution in [2.75, 3.05) is 6.54 Å². The molecule has 5 nitrogen and oxygen atoms in total. The van der Waals surface area contributed by atoms with E-state index in [0.29, 0.717) is 23.0 Å². The predicted molar refractivity (Wildman–Crippen MR) is 104 cm³/mol. The van der Waals surface area contributed by atoms with Gasteiger partial charge in [-0.05, 0) is 24.6 Å². The van der Waals surface area contributed by atoms with Crippen molar-refractivity contribution in [2.45, 2.75) is 19.9 Å². The van der Waals surface area contributed by atoms with Gasteiger partial charge in [0.05, 0.1) is 11.0 Å². The van der Waals surface area contributed by atoms with Gasteiger partial charge in [0.2, 0.25) is 5.91 Å². The van der Waals surface area contributed by atoms with Gasteiger partial charge in [-0.15, -0.1) is 0 Å². The van der Waals surface area contributed by atoms with E-state index in [4.69, 9.17) is 0 Å². The summed E-state index contributed by atoms with van der Waals surface area (Å²) >= 11 is 0. The lowest BCUT2D eigenvalue weighted by atomic mass is 10.1. The number of rotatable bonds is 5. The summed E-state index contributed by atoms with van der Waals surface area (Å²) in [5, 5.41) is 8.98. The average Bonchev–Trinajstić information content (AvgIpc) is 3.06. The molecule has 6 heteroatoms. The van der Waals surface area contributed by atoms with Gasteiger partial charge in [0.1, 0.15) is 18.1 Å². The maximum Gasteiger partial charge on any atom is 0.241 e. The highest BCUT2D eigenvalue weighted by Crippen LogP contribution is 2.32. The molecule has 4 aromatic rings. The quantitative estimate of drug-likeness (QED) is 0.585. The normalized spacial score (nSPS) is 11.2. The molecular weight excluding hydrogens is 343 g/mol. The van der Waals surface area contributed by atoms with E-state index < -0.39 is 0 Å². The summed E-state index contributed by atoms with van der Waals surface area (Å²) in [7, 11) is 0. The molecule has 0 aliphatic heterocycles. The minimum absolute atomic E-state index is 0.0684. The molecule has 0 aliphatic carbocycles. The maximum absolute atomic E-state index is 13.9. The van der Waals surface area contributed by atoms with Gasteiger partial charge < -0.3 is 5.32 Å². The van der Waals surface area contributed by atoms with Crippen molar-refractivity contribution in [1.29, 1.82) is 0 Å². The Kier molecular flexibility index (Phi) is 4.54. The number of hydrogen-bond acceptors (Lipinski definition) is 3. The zero-order valence-corrected chi connectivity index (χ0v) is 14.9. The van der Waals surface area contributed by atoms with Gasteiger partial charge in [-0.3, -0.25) is 14.5 Å². The van der Waals surface area contributed by atoms with Gasteiger partial charge in [-0.25, -0.2) is 4.39 Å². The number of hydrogen-bond donors (Lipinski definition) is 1. The molecule has 1 N–H and O–H groups in total. The van der Waals surface area contributed by atoms with Crippen LogP contribution in [0.2, 0.25) is 0 Å². The third-order valence-corrected chi connectivity index (χ3v) is 4.45. The summed E-state index contributed by atoms with van der Waals surface area (Å²) < 4.78 is 15.6. The summed E-state index contributed by atoms with van der Waals surface area (Å²) in [6.07, 6.45) is 2.60. The van der Waals surface area contributed by atoms with Crippen LogP contribution in [0.1, 0.15) is 13.3 Å². The van der Waals surface area contributed by atoms with E-state index in [2.05, 4.69) is 15.4 Å². The number of nitrogens with one attached hydrogen (secondary N) is 1. The van der Waals surface area contributed by atoms with E-state index in [0.717, 1.165) is 23.1 Å². The first-order valence-electron chi connectivity index (χ1n) is 8.94. The molecule has 2 heterocycles. The van der Waals surface area contributed by atoms with Gasteiger partial charge in [-0.2, -0.15) is 5.10 Å². The van der Waals surface area contributed by atoms with Crippen LogP contribution in [0.5, 0.6) is 0 Å². The Balaban J connectivity index is 1.94. The lowest BCUT2D eigenvalue weighted by Gasteiger charge is -2.06. The number of pyridine rings is 1. The van der Waals surface area contributed by atoms with Crippen molar-refractivity contribution >= 4 is 27.7 Å². The minimum Gasteiger partial charge on any atom is -0.355 e. The Morgan fingerprint density at radius 3 is 2.74 bits per heavy atom. The Hall–Kier alpha value is -3.28. The number of nitrogens with zero attached hydrogens (tertiary/aromatic N) is 3. The van der Waals surface area contributed by atoms with Crippen molar-refractivity contribution < 1.29 is 9.18 Å². The van der Waals surface area contributed by atoms with Crippen LogP contribution < -0.4 is 5.32 Å². The fourth-order valence-electron chi connectivity index (χ4n) is 3.21. The first-order valence-corrected chi connectivity index (χ1v) is 8.94. The molecule has 0 atom stereocenters. The zero-order valence-electron chi connectivity index (χ0n) is 14.9. The smallest absolute Gasteiger partial charge is 0.241 e. The molecular formula is C21H19FN4O. The third-order valence-electron chi connectivity index (χ3n) is 4.45. The SMILES string of the molecule is CCCNC(=O)Cn1nc(-c2ccccc2)c2cnc3ccc(F)cc3c21. The largest absolute Gasteiger partial charge is 0.355 e. The molecule has 27 heavy (non-hydrogen) atoms. The van der Waals surface area contributed by atoms with Crippen LogP contribution >= 0.6 is 0 Å². The van der Waals surface area contributed by atoms with Crippen LogP contribution in [-0.4, -0.2) is 27.2 Å². The summed E-state index contributed by atoms with van der Waals surface area (Å²) in [6.45, 7) is 2.68. The van der Waals surface area contributed by atoms with Crippen LogP contribution in [0, 0.1) is 5.82 Å². The molecule has 2 aromatic carbocycles. The standard InChI is InChI=1S/C21H19FN4O/c1-2-10-23-19(27)13-26-21-16-11-15(22)8-9-18(16)24-12-17(21)20(25-26)14-6-4-3-5-7-14/h3-9,11-12H,2,10,13H2,1H3,(H,23,27). The summed E-state index contributed by atoms with van der Waals surface area (Å²) in [5.74, 6) is -0.469. The second kappa shape index (κ2) is 7.15. The Labute approximate surface area is 155 Å². The molecule has 0 spiro atoms. The minimum atomic E-state index is -0.346. The van der Waals surface area contributed by atoms with Crippen molar-refractivity contribution in [3.05, 3.63) is 60.5 Å². The zero-order chi connectivity index (χ0) is 18.8. The maximum atomic E-state index is 13.9. The second-order valence-electron chi connectivity index (χ2n) is 6.40. The van der Waals surface area contributed by atoms with Gasteiger partial charge in [0.15, 0.2) is 0 Å². The van der Waals surface area contributed by atoms with Crippen molar-refractivity contribution in [2.24, 2.45) is 0 Å². The molecule has 0 bridgehead atoms. The molecule has 0 saturated carbocycles. The lowest BCUT2D eigenvalue weighted by Crippen LogP contribution is -2.28. The van der Waals surface area contributed by atoms with E-state index in [1.807, 2.05) is 37.3 Å². The average molecular weight is 362 g/mol. The fraction of sp³-hybridized carbons (Fsp3) is 0.190. The number of halogens is 1. The van der Waals surface area contributed by atoms with Crippen LogP contribution in [0.25, 0.3) is 33.1 Å². The lowest BCUT2D eigenvalue weighted by molar-refractivity contribution is -0.121. The Morgan fingerprint density at radius 1 is 1.15 bits per heavy atom. The first kappa shape index (κ1) is 17.1. The third kappa shape index (κ3) is 3.26. The van der Waals surface area contributed by atoms with E-state index in [9.17, 15) is 9.18 Å². The van der Waals surface area contributed by atoms with Crippen LogP contribution in [0.3, 0.4) is 0 Å². The van der Waals surface area contributed by atoms with Crippen LogP contribution in [0.4, 0.5) is 4.39 Å². The predicted octanol–water partition coefficient (Wildman–Crippen LogP) is 3.92. The number of fused-ring (bicyclic) bond motifs is 3. The number of carbonyl (C=O) groups excluding carboxylic acids is 1. The van der Waals surface area contributed by atoms with E-state index in [1.165, 1.54) is 12.1 Å². The summed E-state index contributed by atoms with van der Waals surface area (Å²) in [5.41, 5.74) is 3.03. The van der Waals surface area contributed by atoms with Crippen molar-refractivity contribution in [1.82, 2.24) is 20.1 Å². The number of amides is 1. The molecule has 0 saturated heterocycles. The number of aromatic nitrogens is 3. The topological polar surface area (TPSA) is 59.8 Å². The Morgan fingerprint density at radius 2 is 1.96 bits per heavy atom. The van der Waals surface area contributed by atoms with Crippen molar-refractivity contribution in [3.63, 3.8) is 0 Å². The van der Waals surface area contributed by atoms with Gasteiger partial charge >= 0.3 is 0 Å². The molecule has 2 aromatic heterocycles. The molecule has 4 rings (SSSR count). The summed E-state index contributed by atoms with van der Waals surface area (Å²) in [4.78, 5) is 16.8. The molecule has 1 amide bonds. The monoisotopic (exact) mass is 362 g/mol. The molecule has 0 radical (unpaired) electrons. The molecule has 136 valence electrons. The van der Waals surface area contributed by atoms with Crippen molar-refractivity contribution in [3.8, 4) is 11.3 Å². The molecule has 0 unspecified atom stereocenters. The first-order chi connectivity index (χ1) is 13.2. The molecule has 0 aliphatic rings.